The van der Waals surface area contributed by atoms with Crippen LogP contribution in [0.25, 0.3) is 0 Å². The van der Waals surface area contributed by atoms with E-state index in [2.05, 4.69) is 5.32 Å². The highest BCUT2D eigenvalue weighted by Crippen LogP contribution is 2.31. The fraction of sp³-hybridized carbons (Fsp3) is 0.0556. The SMILES string of the molecule is O=C(Nc1ccc(Cl)cc1[C@H](O)c1ccccc1)c1cccs1. The number of halogens is 1. The first-order valence-corrected chi connectivity index (χ1v) is 8.28. The second-order valence-corrected chi connectivity index (χ2v) is 6.36. The van der Waals surface area contributed by atoms with Crippen LogP contribution < -0.4 is 5.32 Å². The van der Waals surface area contributed by atoms with Gasteiger partial charge in [-0.3, -0.25) is 4.79 Å². The number of benzene rings is 2. The molecule has 0 radical (unpaired) electrons. The number of hydrogen-bond acceptors (Lipinski definition) is 3. The zero-order chi connectivity index (χ0) is 16.2. The van der Waals surface area contributed by atoms with Crippen LogP contribution in [-0.4, -0.2) is 11.0 Å². The smallest absolute Gasteiger partial charge is 0.265 e. The summed E-state index contributed by atoms with van der Waals surface area (Å²) in [6.07, 6.45) is -0.867. The number of nitrogens with one attached hydrogen (secondary N) is 1. The molecule has 0 unspecified atom stereocenters. The molecule has 3 rings (SSSR count). The lowest BCUT2D eigenvalue weighted by atomic mass is 10.00. The Morgan fingerprint density at radius 1 is 1.09 bits per heavy atom. The van der Waals surface area contributed by atoms with Gasteiger partial charge in [-0.2, -0.15) is 0 Å². The molecule has 0 saturated carbocycles. The first kappa shape index (κ1) is 15.7. The van der Waals surface area contributed by atoms with E-state index in [0.29, 0.717) is 21.2 Å². The van der Waals surface area contributed by atoms with Crippen LogP contribution >= 0.6 is 22.9 Å². The van der Waals surface area contributed by atoms with Crippen LogP contribution in [0.4, 0.5) is 5.69 Å². The normalized spacial score (nSPS) is 11.9. The fourth-order valence-electron chi connectivity index (χ4n) is 2.28. The fourth-order valence-corrected chi connectivity index (χ4v) is 3.08. The number of aliphatic hydroxyl groups excluding tert-OH is 1. The van der Waals surface area contributed by atoms with Gasteiger partial charge in [-0.1, -0.05) is 48.0 Å². The maximum Gasteiger partial charge on any atom is 0.265 e. The van der Waals surface area contributed by atoms with Gasteiger partial charge in [-0.25, -0.2) is 0 Å². The van der Waals surface area contributed by atoms with Crippen molar-refractivity contribution >= 4 is 34.5 Å². The van der Waals surface area contributed by atoms with Crippen molar-refractivity contribution in [3.05, 3.63) is 87.1 Å². The average Bonchev–Trinajstić information content (AvgIpc) is 3.11. The molecule has 0 saturated heterocycles. The maximum atomic E-state index is 12.3. The standard InChI is InChI=1S/C18H14ClNO2S/c19-13-8-9-15(20-18(22)16-7-4-10-23-16)14(11-13)17(21)12-5-2-1-3-6-12/h1-11,17,21H,(H,20,22)/t17-/m1/s1. The van der Waals surface area contributed by atoms with E-state index in [1.807, 2.05) is 41.8 Å². The van der Waals surface area contributed by atoms with Crippen molar-refractivity contribution in [3.8, 4) is 0 Å². The Kier molecular flexibility index (Phi) is 4.76. The van der Waals surface area contributed by atoms with E-state index in [1.165, 1.54) is 11.3 Å². The molecule has 5 heteroatoms. The minimum absolute atomic E-state index is 0.205. The van der Waals surface area contributed by atoms with Crippen molar-refractivity contribution in [1.29, 1.82) is 0 Å². The van der Waals surface area contributed by atoms with E-state index in [4.69, 9.17) is 11.6 Å². The van der Waals surface area contributed by atoms with Crippen molar-refractivity contribution in [2.75, 3.05) is 5.32 Å². The largest absolute Gasteiger partial charge is 0.384 e. The van der Waals surface area contributed by atoms with Crippen molar-refractivity contribution in [3.63, 3.8) is 0 Å². The number of thiophene rings is 1. The number of amides is 1. The van der Waals surface area contributed by atoms with E-state index in [9.17, 15) is 9.90 Å². The molecule has 0 bridgehead atoms. The van der Waals surface area contributed by atoms with Gasteiger partial charge in [0.1, 0.15) is 6.10 Å². The topological polar surface area (TPSA) is 49.3 Å². The molecule has 0 aliphatic rings. The van der Waals surface area contributed by atoms with E-state index in [1.54, 1.807) is 24.3 Å². The molecule has 116 valence electrons. The summed E-state index contributed by atoms with van der Waals surface area (Å²) in [5, 5.41) is 15.8. The van der Waals surface area contributed by atoms with E-state index < -0.39 is 6.10 Å². The molecule has 23 heavy (non-hydrogen) atoms. The third-order valence-corrected chi connectivity index (χ3v) is 4.52. The van der Waals surface area contributed by atoms with Crippen LogP contribution in [0.1, 0.15) is 26.9 Å². The summed E-state index contributed by atoms with van der Waals surface area (Å²) >= 11 is 7.43. The van der Waals surface area contributed by atoms with Crippen LogP contribution in [0.5, 0.6) is 0 Å². The van der Waals surface area contributed by atoms with E-state index >= 15 is 0 Å². The Hall–Kier alpha value is -2.14. The minimum Gasteiger partial charge on any atom is -0.384 e. The lowest BCUT2D eigenvalue weighted by molar-refractivity contribution is 0.103. The molecule has 1 atom stereocenters. The highest BCUT2D eigenvalue weighted by atomic mass is 35.5. The molecule has 1 aromatic heterocycles. The molecule has 1 amide bonds. The first-order valence-electron chi connectivity index (χ1n) is 7.02. The van der Waals surface area contributed by atoms with Gasteiger partial charge in [-0.15, -0.1) is 11.3 Å². The lowest BCUT2D eigenvalue weighted by Crippen LogP contribution is -2.13. The molecule has 3 nitrogen and oxygen atoms in total. The van der Waals surface area contributed by atoms with Gasteiger partial charge in [-0.05, 0) is 35.2 Å². The number of hydrogen-bond donors (Lipinski definition) is 2. The second-order valence-electron chi connectivity index (χ2n) is 4.98. The van der Waals surface area contributed by atoms with Crippen LogP contribution in [-0.2, 0) is 0 Å². The van der Waals surface area contributed by atoms with Gasteiger partial charge in [0, 0.05) is 16.3 Å². The molecule has 0 aliphatic carbocycles. The Bertz CT molecular complexity index is 803. The quantitative estimate of drug-likeness (QED) is 0.719. The van der Waals surface area contributed by atoms with Gasteiger partial charge in [0.15, 0.2) is 0 Å². The van der Waals surface area contributed by atoms with Gasteiger partial charge < -0.3 is 10.4 Å². The summed E-state index contributed by atoms with van der Waals surface area (Å²) in [7, 11) is 0. The Labute approximate surface area is 143 Å². The first-order chi connectivity index (χ1) is 11.1. The molecule has 0 fully saturated rings. The summed E-state index contributed by atoms with van der Waals surface area (Å²) < 4.78 is 0. The second kappa shape index (κ2) is 6.96. The highest BCUT2D eigenvalue weighted by Gasteiger charge is 2.17. The predicted molar refractivity (Wildman–Crippen MR) is 94.2 cm³/mol. The molecule has 1 heterocycles. The predicted octanol–water partition coefficient (Wildman–Crippen LogP) is 4.74. The Morgan fingerprint density at radius 2 is 1.87 bits per heavy atom. The molecule has 0 spiro atoms. The van der Waals surface area contributed by atoms with Crippen molar-refractivity contribution in [1.82, 2.24) is 0 Å². The zero-order valence-corrected chi connectivity index (χ0v) is 13.6. The third-order valence-electron chi connectivity index (χ3n) is 3.42. The minimum atomic E-state index is -0.867. The van der Waals surface area contributed by atoms with Gasteiger partial charge in [0.2, 0.25) is 0 Å². The van der Waals surface area contributed by atoms with Gasteiger partial charge >= 0.3 is 0 Å². The summed E-state index contributed by atoms with van der Waals surface area (Å²) in [6.45, 7) is 0. The third kappa shape index (κ3) is 3.62. The Morgan fingerprint density at radius 3 is 2.57 bits per heavy atom. The number of anilines is 1. The van der Waals surface area contributed by atoms with Crippen LogP contribution in [0.2, 0.25) is 5.02 Å². The van der Waals surface area contributed by atoms with Gasteiger partial charge in [0.25, 0.3) is 5.91 Å². The van der Waals surface area contributed by atoms with Crippen molar-refractivity contribution < 1.29 is 9.90 Å². The zero-order valence-electron chi connectivity index (χ0n) is 12.1. The van der Waals surface area contributed by atoms with E-state index in [0.717, 1.165) is 5.56 Å². The Balaban J connectivity index is 1.93. The summed E-state index contributed by atoms with van der Waals surface area (Å²) in [5.41, 5.74) is 1.85. The summed E-state index contributed by atoms with van der Waals surface area (Å²) in [6, 6.07) is 17.9. The van der Waals surface area contributed by atoms with Crippen molar-refractivity contribution in [2.45, 2.75) is 6.10 Å². The molecule has 0 aliphatic heterocycles. The molecule has 2 N–H and O–H groups in total. The molecular weight excluding hydrogens is 330 g/mol. The molecule has 2 aromatic carbocycles. The lowest BCUT2D eigenvalue weighted by Gasteiger charge is -2.17. The summed E-state index contributed by atoms with van der Waals surface area (Å²) in [4.78, 5) is 12.9. The number of carbonyl (C=O) groups is 1. The van der Waals surface area contributed by atoms with E-state index in [-0.39, 0.29) is 5.91 Å². The van der Waals surface area contributed by atoms with Crippen molar-refractivity contribution in [2.24, 2.45) is 0 Å². The number of rotatable bonds is 4. The maximum absolute atomic E-state index is 12.3. The highest BCUT2D eigenvalue weighted by molar-refractivity contribution is 7.12. The van der Waals surface area contributed by atoms with Crippen LogP contribution in [0.3, 0.4) is 0 Å². The van der Waals surface area contributed by atoms with Gasteiger partial charge in [0.05, 0.1) is 4.88 Å². The monoisotopic (exact) mass is 343 g/mol. The van der Waals surface area contributed by atoms with Crippen LogP contribution in [0, 0.1) is 0 Å². The molecule has 3 aromatic rings. The number of aliphatic hydroxyl groups is 1. The molecular formula is C18H14ClNO2S. The van der Waals surface area contributed by atoms with Crippen LogP contribution in [0.15, 0.2) is 66.0 Å². The average molecular weight is 344 g/mol. The number of carbonyl (C=O) groups excluding carboxylic acids is 1. The summed E-state index contributed by atoms with van der Waals surface area (Å²) in [5.74, 6) is -0.205.